The summed E-state index contributed by atoms with van der Waals surface area (Å²) >= 11 is 0. The zero-order valence-corrected chi connectivity index (χ0v) is 57.7. The monoisotopic (exact) mass is 1130 g/mol. The van der Waals surface area contributed by atoms with Crippen LogP contribution >= 0.6 is 0 Å². The lowest BCUT2D eigenvalue weighted by atomic mass is 9.84. The first-order valence-electron chi connectivity index (χ1n) is 36.8. The standard InChI is InChI=1S/C27H40.C26H36.C15H30.C6H12.4C2H6/c1-3-5-16-24-20-12-14-22-26(24)18-10-8-7-9-11-19-27-23-15-13-21-25(27)17-6-4-2;1-3-7-15-23-19-11-13-21-25(23)17-9-5-2-6-10-18-26-22-14-12-20-24(26)16-8-4-1;1-4-5-6-7-10-15-11-8-9-13(2)12-14(15)3;1-2-4-6-5-3-1;4*1-2/h12-15,20-23H,3-11,16-19H2,1-2H3;11-14,19-22H,1-10,15-18H2;13-15H,4-12H2,1-3H3;1-6H2;4*1-2H3. The third kappa shape index (κ3) is 40.2. The maximum absolute atomic E-state index is 2.49. The molecule has 4 aromatic carbocycles. The van der Waals surface area contributed by atoms with Gasteiger partial charge < -0.3 is 0 Å². The molecule has 0 N–H and O–H groups in total. The summed E-state index contributed by atoms with van der Waals surface area (Å²) in [5.41, 5.74) is 12.8. The van der Waals surface area contributed by atoms with Gasteiger partial charge in [-0.2, -0.15) is 0 Å². The second-order valence-corrected chi connectivity index (χ2v) is 24.1. The normalized spacial score (nSPS) is 17.4. The van der Waals surface area contributed by atoms with Crippen molar-refractivity contribution in [3.63, 3.8) is 0 Å². The van der Waals surface area contributed by atoms with Gasteiger partial charge in [0.1, 0.15) is 0 Å². The fourth-order valence-electron chi connectivity index (χ4n) is 12.7. The van der Waals surface area contributed by atoms with Crippen LogP contribution in [0.5, 0.6) is 0 Å². The lowest BCUT2D eigenvalue weighted by Gasteiger charge is -2.22. The highest BCUT2D eigenvalue weighted by Crippen LogP contribution is 2.35. The molecule has 0 amide bonds. The van der Waals surface area contributed by atoms with Crippen LogP contribution in [0.4, 0.5) is 0 Å². The third-order valence-electron chi connectivity index (χ3n) is 17.5. The van der Waals surface area contributed by atoms with Crippen molar-refractivity contribution >= 4 is 0 Å². The molecule has 0 nitrogen and oxygen atoms in total. The van der Waals surface area contributed by atoms with Gasteiger partial charge in [0, 0.05) is 0 Å². The van der Waals surface area contributed by atoms with E-state index in [4.69, 9.17) is 0 Å². The number of hydrogen-bond acceptors (Lipinski definition) is 0. The molecule has 0 heteroatoms. The molecule has 470 valence electrons. The predicted molar refractivity (Wildman–Crippen MR) is 377 cm³/mol. The zero-order valence-electron chi connectivity index (χ0n) is 57.7. The Morgan fingerprint density at radius 1 is 0.293 bits per heavy atom. The molecule has 3 aliphatic carbocycles. The van der Waals surface area contributed by atoms with Crippen molar-refractivity contribution < 1.29 is 0 Å². The Bertz CT molecular complexity index is 1710. The van der Waals surface area contributed by atoms with Crippen molar-refractivity contribution in [1.82, 2.24) is 0 Å². The van der Waals surface area contributed by atoms with Crippen molar-refractivity contribution in [2.75, 3.05) is 0 Å². The molecule has 0 radical (unpaired) electrons. The molecule has 4 aromatic rings. The topological polar surface area (TPSA) is 0 Å². The molecular weight excluding hydrogens is 985 g/mol. The van der Waals surface area contributed by atoms with Crippen LogP contribution in [0.2, 0.25) is 0 Å². The summed E-state index contributed by atoms with van der Waals surface area (Å²) in [7, 11) is 0. The molecule has 0 bridgehead atoms. The minimum Gasteiger partial charge on any atom is -0.0683 e. The fourth-order valence-corrected chi connectivity index (χ4v) is 12.7. The van der Waals surface area contributed by atoms with Gasteiger partial charge in [0.25, 0.3) is 0 Å². The van der Waals surface area contributed by atoms with E-state index in [-0.39, 0.29) is 0 Å². The van der Waals surface area contributed by atoms with Crippen LogP contribution in [0.25, 0.3) is 0 Å². The first kappa shape index (κ1) is 78.9. The first-order chi connectivity index (χ1) is 40.5. The van der Waals surface area contributed by atoms with Crippen LogP contribution < -0.4 is 0 Å². The molecular formula is C82H142. The third-order valence-corrected chi connectivity index (χ3v) is 17.5. The average molecular weight is 1130 g/mol. The highest BCUT2D eigenvalue weighted by Gasteiger charge is 2.22. The maximum Gasteiger partial charge on any atom is -0.0276 e. The molecule has 82 heavy (non-hydrogen) atoms. The van der Waals surface area contributed by atoms with Gasteiger partial charge in [-0.25, -0.2) is 0 Å². The number of benzene rings is 4. The lowest BCUT2D eigenvalue weighted by molar-refractivity contribution is 0.292. The quantitative estimate of drug-likeness (QED) is 0.0648. The van der Waals surface area contributed by atoms with Gasteiger partial charge in [-0.1, -0.05) is 348 Å². The molecule has 3 atom stereocenters. The Morgan fingerprint density at radius 3 is 0.902 bits per heavy atom. The molecule has 2 saturated carbocycles. The highest BCUT2D eigenvalue weighted by atomic mass is 14.3. The molecule has 7 rings (SSSR count). The van der Waals surface area contributed by atoms with Crippen molar-refractivity contribution in [1.29, 1.82) is 0 Å². The average Bonchev–Trinajstić information content (AvgIpc) is 3.71. The molecule has 2 fully saturated rings. The zero-order chi connectivity index (χ0) is 60.4. The molecule has 3 unspecified atom stereocenters. The van der Waals surface area contributed by atoms with Gasteiger partial charge in [0.2, 0.25) is 0 Å². The smallest absolute Gasteiger partial charge is 0.0276 e. The number of rotatable bonds is 19. The first-order valence-corrected chi connectivity index (χ1v) is 36.8. The number of hydrogen-bond donors (Lipinski definition) is 0. The highest BCUT2D eigenvalue weighted by molar-refractivity contribution is 5.30. The summed E-state index contributed by atoms with van der Waals surface area (Å²) in [6.45, 7) is 27.8. The summed E-state index contributed by atoms with van der Waals surface area (Å²) in [5.74, 6) is 3.02. The Morgan fingerprint density at radius 2 is 0.573 bits per heavy atom. The molecule has 0 saturated heterocycles. The predicted octanol–water partition coefficient (Wildman–Crippen LogP) is 27.4. The van der Waals surface area contributed by atoms with E-state index in [1.807, 2.05) is 55.4 Å². The van der Waals surface area contributed by atoms with Crippen LogP contribution in [0.15, 0.2) is 97.1 Å². The minimum absolute atomic E-state index is 0.987. The molecule has 0 aromatic heterocycles. The van der Waals surface area contributed by atoms with Crippen molar-refractivity contribution in [3.8, 4) is 0 Å². The summed E-state index contributed by atoms with van der Waals surface area (Å²) in [5, 5.41) is 0. The van der Waals surface area contributed by atoms with E-state index in [9.17, 15) is 0 Å². The van der Waals surface area contributed by atoms with Gasteiger partial charge >= 0.3 is 0 Å². The Balaban J connectivity index is 0.00000110. The molecule has 0 heterocycles. The van der Waals surface area contributed by atoms with E-state index in [0.717, 1.165) is 17.8 Å². The van der Waals surface area contributed by atoms with E-state index in [1.54, 1.807) is 44.5 Å². The summed E-state index contributed by atoms with van der Waals surface area (Å²) in [6.07, 6.45) is 58.2. The Labute approximate surface area is 516 Å². The molecule has 3 aliphatic rings. The van der Waals surface area contributed by atoms with Crippen LogP contribution in [0, 0.1) is 17.8 Å². The van der Waals surface area contributed by atoms with Gasteiger partial charge in [-0.15, -0.1) is 0 Å². The van der Waals surface area contributed by atoms with E-state index in [0.29, 0.717) is 0 Å². The Hall–Kier alpha value is -3.12. The van der Waals surface area contributed by atoms with Crippen LogP contribution in [-0.2, 0) is 51.4 Å². The summed E-state index contributed by atoms with van der Waals surface area (Å²) in [4.78, 5) is 0. The lowest BCUT2D eigenvalue weighted by Crippen LogP contribution is -2.11. The maximum atomic E-state index is 2.49. The molecule has 0 aliphatic heterocycles. The van der Waals surface area contributed by atoms with Crippen molar-refractivity contribution in [2.24, 2.45) is 17.8 Å². The number of fused-ring (bicyclic) bond motifs is 2. The molecule has 0 spiro atoms. The SMILES string of the molecule is C1CCCCC1.CC.CC.CC.CC.CCCCCCC1CCCC(C)CC1C.CCCCc1ccccc1CCCCCCCc1ccccc1CCCC.c1ccc2c(c1)CCCCCCCc1ccccc1CCCCCCC2. The van der Waals surface area contributed by atoms with Gasteiger partial charge in [0.05, 0.1) is 0 Å². The van der Waals surface area contributed by atoms with Crippen LogP contribution in [0.3, 0.4) is 0 Å². The summed E-state index contributed by atoms with van der Waals surface area (Å²) < 4.78 is 0. The second-order valence-electron chi connectivity index (χ2n) is 24.1. The minimum atomic E-state index is 0.987. The van der Waals surface area contributed by atoms with E-state index >= 15 is 0 Å². The fraction of sp³-hybridized carbons (Fsp3) is 0.707. The number of aryl methyl sites for hydroxylation is 8. The van der Waals surface area contributed by atoms with Crippen LogP contribution in [-0.4, -0.2) is 0 Å². The van der Waals surface area contributed by atoms with E-state index in [2.05, 4.69) is 132 Å². The van der Waals surface area contributed by atoms with Gasteiger partial charge in [-0.05, 0) is 171 Å². The van der Waals surface area contributed by atoms with Crippen molar-refractivity contribution in [2.45, 2.75) is 360 Å². The van der Waals surface area contributed by atoms with E-state index in [1.165, 1.54) is 270 Å². The Kier molecular flexibility index (Phi) is 57.3. The summed E-state index contributed by atoms with van der Waals surface area (Å²) in [6, 6.07) is 36.5. The number of unbranched alkanes of at least 4 members (excludes halogenated alkanes) is 9. The van der Waals surface area contributed by atoms with Gasteiger partial charge in [0.15, 0.2) is 0 Å². The van der Waals surface area contributed by atoms with Crippen LogP contribution in [0.1, 0.15) is 353 Å². The largest absolute Gasteiger partial charge is 0.0683 e. The van der Waals surface area contributed by atoms with Gasteiger partial charge in [-0.3, -0.25) is 0 Å². The van der Waals surface area contributed by atoms with Crippen molar-refractivity contribution in [3.05, 3.63) is 142 Å². The second kappa shape index (κ2) is 59.6. The van der Waals surface area contributed by atoms with E-state index < -0.39 is 0 Å².